The van der Waals surface area contributed by atoms with E-state index in [0.717, 1.165) is 0 Å². The van der Waals surface area contributed by atoms with Crippen molar-refractivity contribution in [3.05, 3.63) is 0 Å². The maximum absolute atomic E-state index is 10.1. The van der Waals surface area contributed by atoms with E-state index < -0.39 is 36.4 Å². The Morgan fingerprint density at radius 3 is 1.40 bits per heavy atom. The minimum Gasteiger partial charge on any atom is -0.550 e. The van der Waals surface area contributed by atoms with Gasteiger partial charge in [0.2, 0.25) is 0 Å². The van der Waals surface area contributed by atoms with Gasteiger partial charge in [-0.25, -0.2) is 0 Å². The van der Waals surface area contributed by atoms with Gasteiger partial charge in [0.05, 0.1) is 5.97 Å². The van der Waals surface area contributed by atoms with Gasteiger partial charge in [-0.3, -0.25) is 0 Å². The normalized spacial score (nSPS) is 9.40. The van der Waals surface area contributed by atoms with Gasteiger partial charge in [-0.15, -0.1) is 0 Å². The Kier molecular flexibility index (Phi) is 11.4. The first-order valence-electron chi connectivity index (χ1n) is 3.11. The topological polar surface area (TPSA) is 141 Å². The van der Waals surface area contributed by atoms with Crippen molar-refractivity contribution in [1.29, 1.82) is 0 Å². The number of hydrogen-bond acceptors (Lipinski definition) is 7. The summed E-state index contributed by atoms with van der Waals surface area (Å²) >= 11 is 0. The Labute approximate surface area is 125 Å². The molecule has 0 aliphatic heterocycles. The fourth-order valence-electron chi connectivity index (χ4n) is 0.684. The first-order valence-corrected chi connectivity index (χ1v) is 3.11. The Balaban J connectivity index is -0.000000720. The standard InChI is InChI=1S/C6H8O7.Ca.Fe/c7-3(8)1-6(13,5(11)12)2-4(9)10;;/h13H,1-2H2,(H,7,8)(H,9,10)(H,11,12);;/q;2*+2/p-3. The van der Waals surface area contributed by atoms with E-state index >= 15 is 0 Å². The number of carboxylic acids is 3. The summed E-state index contributed by atoms with van der Waals surface area (Å²) in [6.07, 6.45) is -2.72. The molecular formula is C6H5CaFeO7+. The van der Waals surface area contributed by atoms with Gasteiger partial charge in [0.1, 0.15) is 5.60 Å². The first-order chi connectivity index (χ1) is 5.78. The van der Waals surface area contributed by atoms with Gasteiger partial charge < -0.3 is 34.8 Å². The average molecular weight is 285 g/mol. The summed E-state index contributed by atoms with van der Waals surface area (Å²) in [6, 6.07) is 0. The zero-order chi connectivity index (χ0) is 10.6. The molecule has 0 aromatic rings. The number of carbonyl (C=O) groups is 3. The first kappa shape index (κ1) is 20.5. The summed E-state index contributed by atoms with van der Waals surface area (Å²) < 4.78 is 0. The van der Waals surface area contributed by atoms with Crippen molar-refractivity contribution in [2.75, 3.05) is 0 Å². The molecule has 0 bridgehead atoms. The summed E-state index contributed by atoms with van der Waals surface area (Å²) in [5.41, 5.74) is -2.97. The van der Waals surface area contributed by atoms with E-state index in [9.17, 15) is 29.7 Å². The molecule has 0 unspecified atom stereocenters. The third-order valence-corrected chi connectivity index (χ3v) is 1.25. The van der Waals surface area contributed by atoms with Gasteiger partial charge in [0.15, 0.2) is 0 Å². The quantitative estimate of drug-likeness (QED) is 0.496. The molecular weight excluding hydrogens is 280 g/mol. The van der Waals surface area contributed by atoms with Crippen LogP contribution in [0.1, 0.15) is 12.8 Å². The fourth-order valence-corrected chi connectivity index (χ4v) is 0.684. The van der Waals surface area contributed by atoms with Crippen LogP contribution in [0.3, 0.4) is 0 Å². The molecule has 0 amide bonds. The van der Waals surface area contributed by atoms with Crippen LogP contribution in [-0.2, 0) is 31.5 Å². The van der Waals surface area contributed by atoms with Crippen LogP contribution in [0.25, 0.3) is 0 Å². The molecule has 0 fully saturated rings. The van der Waals surface area contributed by atoms with Crippen molar-refractivity contribution in [1.82, 2.24) is 0 Å². The third kappa shape index (κ3) is 8.01. The molecule has 0 atom stereocenters. The molecule has 0 heterocycles. The number of aliphatic carboxylic acids is 3. The second-order valence-electron chi connectivity index (χ2n) is 2.42. The van der Waals surface area contributed by atoms with Crippen molar-refractivity contribution in [3.63, 3.8) is 0 Å². The van der Waals surface area contributed by atoms with Crippen molar-refractivity contribution >= 4 is 55.6 Å². The molecule has 0 saturated heterocycles. The molecule has 80 valence electrons. The molecule has 7 nitrogen and oxygen atoms in total. The minimum atomic E-state index is -2.97. The zero-order valence-electron chi connectivity index (χ0n) is 7.37. The van der Waals surface area contributed by atoms with Crippen LogP contribution in [0.5, 0.6) is 0 Å². The molecule has 0 aromatic carbocycles. The Hall–Kier alpha value is 0.149. The molecule has 0 spiro atoms. The second kappa shape index (κ2) is 8.32. The number of hydrogen-bond donors (Lipinski definition) is 1. The number of carbonyl (C=O) groups excluding carboxylic acids is 3. The molecule has 0 saturated carbocycles. The van der Waals surface area contributed by atoms with E-state index in [0.29, 0.717) is 0 Å². The number of rotatable bonds is 5. The van der Waals surface area contributed by atoms with Crippen molar-refractivity contribution < 1.29 is 51.9 Å². The van der Waals surface area contributed by atoms with E-state index in [4.69, 9.17) is 5.11 Å². The smallest absolute Gasteiger partial charge is 0.550 e. The van der Waals surface area contributed by atoms with Gasteiger partial charge in [-0.05, 0) is 0 Å². The predicted octanol–water partition coefficient (Wildman–Crippen LogP) is -5.64. The van der Waals surface area contributed by atoms with Crippen LogP contribution >= 0.6 is 0 Å². The summed E-state index contributed by atoms with van der Waals surface area (Å²) in [4.78, 5) is 30.0. The van der Waals surface area contributed by atoms with Crippen LogP contribution in [-0.4, -0.2) is 66.4 Å². The molecule has 9 heteroatoms. The predicted molar refractivity (Wildman–Crippen MR) is 35.0 cm³/mol. The Morgan fingerprint density at radius 1 is 1.00 bits per heavy atom. The third-order valence-electron chi connectivity index (χ3n) is 1.25. The molecule has 15 heavy (non-hydrogen) atoms. The Morgan fingerprint density at radius 2 is 1.27 bits per heavy atom. The molecule has 0 radical (unpaired) electrons. The maximum Gasteiger partial charge on any atom is 2.00 e. The monoisotopic (exact) mass is 285 g/mol. The van der Waals surface area contributed by atoms with E-state index in [1.165, 1.54) is 0 Å². The van der Waals surface area contributed by atoms with Crippen LogP contribution in [0.4, 0.5) is 0 Å². The summed E-state index contributed by atoms with van der Waals surface area (Å²) in [5, 5.41) is 38.9. The van der Waals surface area contributed by atoms with Crippen LogP contribution in [0.15, 0.2) is 0 Å². The fraction of sp³-hybridized carbons (Fsp3) is 0.500. The summed E-state index contributed by atoms with van der Waals surface area (Å²) in [7, 11) is 0. The maximum atomic E-state index is 10.1. The van der Waals surface area contributed by atoms with Crippen LogP contribution < -0.4 is 15.3 Å². The molecule has 0 aromatic heterocycles. The van der Waals surface area contributed by atoms with Crippen molar-refractivity contribution in [2.45, 2.75) is 18.4 Å². The van der Waals surface area contributed by atoms with Crippen LogP contribution in [0, 0.1) is 0 Å². The van der Waals surface area contributed by atoms with Gasteiger partial charge in [0.25, 0.3) is 0 Å². The minimum absolute atomic E-state index is 0. The van der Waals surface area contributed by atoms with Gasteiger partial charge in [-0.2, -0.15) is 0 Å². The SMILES string of the molecule is O=C([O-])CC(O)(CC(=O)[O-])C(=O)[O-].[Ca+2].[Fe+2]. The van der Waals surface area contributed by atoms with E-state index in [2.05, 4.69) is 0 Å². The summed E-state index contributed by atoms with van der Waals surface area (Å²) in [6.45, 7) is 0. The van der Waals surface area contributed by atoms with Gasteiger partial charge in [0, 0.05) is 24.8 Å². The second-order valence-corrected chi connectivity index (χ2v) is 2.42. The van der Waals surface area contributed by atoms with Crippen LogP contribution in [0.2, 0.25) is 0 Å². The molecule has 0 aliphatic rings. The molecule has 1 N–H and O–H groups in total. The number of aliphatic hydroxyl groups is 1. The van der Waals surface area contributed by atoms with E-state index in [1.807, 2.05) is 0 Å². The van der Waals surface area contributed by atoms with E-state index in [-0.39, 0.29) is 54.8 Å². The zero-order valence-corrected chi connectivity index (χ0v) is 10.7. The van der Waals surface area contributed by atoms with Gasteiger partial charge in [-0.1, -0.05) is 0 Å². The number of carboxylic acid groups (broad SMARTS) is 3. The van der Waals surface area contributed by atoms with Crippen molar-refractivity contribution in [3.8, 4) is 0 Å². The molecule has 0 aliphatic carbocycles. The average Bonchev–Trinajstić information content (AvgIpc) is 1.82. The Bertz CT molecular complexity index is 238. The van der Waals surface area contributed by atoms with Crippen molar-refractivity contribution in [2.24, 2.45) is 0 Å². The largest absolute Gasteiger partial charge is 2.00 e. The van der Waals surface area contributed by atoms with E-state index in [1.54, 1.807) is 0 Å². The molecule has 0 rings (SSSR count). The summed E-state index contributed by atoms with van der Waals surface area (Å²) in [5.74, 6) is -5.98. The van der Waals surface area contributed by atoms with Gasteiger partial charge >= 0.3 is 54.8 Å².